The van der Waals surface area contributed by atoms with Crippen LogP contribution in [0.5, 0.6) is 0 Å². The van der Waals surface area contributed by atoms with E-state index in [1.165, 1.54) is 24.0 Å². The van der Waals surface area contributed by atoms with Gasteiger partial charge in [0.15, 0.2) is 5.82 Å². The Bertz CT molecular complexity index is 561. The maximum Gasteiger partial charge on any atom is 0.451 e. The third-order valence-corrected chi connectivity index (χ3v) is 2.18. The minimum Gasteiger partial charge on any atom is -0.373 e. The summed E-state index contributed by atoms with van der Waals surface area (Å²) in [5.41, 5.74) is 0.688. The normalized spacial score (nSPS) is 11.6. The molecule has 0 unspecified atom stereocenters. The highest BCUT2D eigenvalue weighted by atomic mass is 19.4. The predicted octanol–water partition coefficient (Wildman–Crippen LogP) is 2.03. The van der Waals surface area contributed by atoms with Crippen molar-refractivity contribution in [1.29, 1.82) is 0 Å². The zero-order chi connectivity index (χ0) is 13.3. The van der Waals surface area contributed by atoms with Crippen LogP contribution in [-0.4, -0.2) is 26.8 Å². The van der Waals surface area contributed by atoms with Gasteiger partial charge in [0.25, 0.3) is 0 Å². The Hall–Kier alpha value is -2.12. The van der Waals surface area contributed by atoms with Crippen LogP contribution < -0.4 is 5.32 Å². The summed E-state index contributed by atoms with van der Waals surface area (Å²) in [6.07, 6.45) is -3.05. The summed E-state index contributed by atoms with van der Waals surface area (Å²) < 4.78 is 39.1. The molecule has 0 fully saturated rings. The Kier molecular flexibility index (Phi) is 2.93. The van der Waals surface area contributed by atoms with Gasteiger partial charge >= 0.3 is 6.18 Å². The molecule has 0 amide bonds. The molecule has 2 aromatic rings. The Labute approximate surface area is 101 Å². The molecule has 0 spiro atoms. The van der Waals surface area contributed by atoms with Gasteiger partial charge in [-0.15, -0.1) is 0 Å². The van der Waals surface area contributed by atoms with Gasteiger partial charge in [-0.25, -0.2) is 14.6 Å². The second-order valence-electron chi connectivity index (χ2n) is 3.58. The zero-order valence-corrected chi connectivity index (χ0v) is 9.65. The van der Waals surface area contributed by atoms with E-state index in [1.807, 2.05) is 0 Å². The van der Waals surface area contributed by atoms with Gasteiger partial charge in [-0.05, 0) is 13.0 Å². The number of alkyl halides is 3. The quantitative estimate of drug-likeness (QED) is 0.894. The lowest BCUT2D eigenvalue weighted by Gasteiger charge is -2.09. The summed E-state index contributed by atoms with van der Waals surface area (Å²) in [6.45, 7) is 1.74. The third kappa shape index (κ3) is 2.41. The average Bonchev–Trinajstić information content (AvgIpc) is 2.74. The second-order valence-corrected chi connectivity index (χ2v) is 3.58. The van der Waals surface area contributed by atoms with E-state index in [9.17, 15) is 13.2 Å². The molecule has 2 heterocycles. The smallest absolute Gasteiger partial charge is 0.373 e. The van der Waals surface area contributed by atoms with E-state index in [4.69, 9.17) is 0 Å². The van der Waals surface area contributed by atoms with Gasteiger partial charge in [-0.1, -0.05) is 0 Å². The van der Waals surface area contributed by atoms with Crippen LogP contribution in [0.2, 0.25) is 0 Å². The van der Waals surface area contributed by atoms with Gasteiger partial charge in [-0.3, -0.25) is 0 Å². The largest absolute Gasteiger partial charge is 0.451 e. The number of aryl methyl sites for hydroxylation is 1. The van der Waals surface area contributed by atoms with Crippen LogP contribution in [-0.2, 0) is 6.18 Å². The van der Waals surface area contributed by atoms with E-state index in [2.05, 4.69) is 20.4 Å². The first-order valence-corrected chi connectivity index (χ1v) is 5.07. The highest BCUT2D eigenvalue weighted by molar-refractivity contribution is 5.41. The Morgan fingerprint density at radius 1 is 1.28 bits per heavy atom. The van der Waals surface area contributed by atoms with Gasteiger partial charge < -0.3 is 5.32 Å². The zero-order valence-electron chi connectivity index (χ0n) is 9.65. The van der Waals surface area contributed by atoms with E-state index in [0.717, 1.165) is 0 Å². The van der Waals surface area contributed by atoms with E-state index in [-0.39, 0.29) is 11.6 Å². The molecule has 0 saturated carbocycles. The van der Waals surface area contributed by atoms with Gasteiger partial charge in [0.1, 0.15) is 5.82 Å². The van der Waals surface area contributed by atoms with Crippen molar-refractivity contribution in [3.63, 3.8) is 0 Å². The molecule has 2 aromatic heterocycles. The molecule has 0 aliphatic heterocycles. The van der Waals surface area contributed by atoms with Crippen molar-refractivity contribution < 1.29 is 13.2 Å². The van der Waals surface area contributed by atoms with Crippen molar-refractivity contribution in [2.24, 2.45) is 0 Å². The Morgan fingerprint density at radius 2 is 2.00 bits per heavy atom. The van der Waals surface area contributed by atoms with Crippen molar-refractivity contribution in [2.75, 3.05) is 12.4 Å². The molecule has 1 N–H and O–H groups in total. The number of anilines is 1. The maximum atomic E-state index is 12.6. The van der Waals surface area contributed by atoms with Crippen LogP contribution >= 0.6 is 0 Å². The first-order chi connectivity index (χ1) is 8.40. The molecule has 8 heteroatoms. The van der Waals surface area contributed by atoms with Crippen LogP contribution in [0.15, 0.2) is 18.3 Å². The van der Waals surface area contributed by atoms with Crippen LogP contribution in [0.1, 0.15) is 11.5 Å². The predicted molar refractivity (Wildman–Crippen MR) is 58.4 cm³/mol. The summed E-state index contributed by atoms with van der Waals surface area (Å²) in [6, 6.07) is 3.07. The fraction of sp³-hybridized carbons (Fsp3) is 0.300. The first kappa shape index (κ1) is 12.3. The molecular weight excluding hydrogens is 247 g/mol. The summed E-state index contributed by atoms with van der Waals surface area (Å²) in [4.78, 5) is 6.83. The molecule has 0 aliphatic rings. The molecule has 0 bridgehead atoms. The standard InChI is InChI=1S/C10H10F3N5/c1-6-3-4-18(17-6)8-5-7(14-2)15-9(16-8)10(11,12)13/h3-5H,1-2H3,(H,14,15,16). The lowest BCUT2D eigenvalue weighted by molar-refractivity contribution is -0.144. The summed E-state index contributed by atoms with van der Waals surface area (Å²) in [5.74, 6) is -1.05. The highest BCUT2D eigenvalue weighted by Gasteiger charge is 2.35. The number of nitrogens with zero attached hydrogens (tertiary/aromatic N) is 4. The number of hydrogen-bond donors (Lipinski definition) is 1. The van der Waals surface area contributed by atoms with Crippen LogP contribution in [0, 0.1) is 6.92 Å². The number of halogens is 3. The molecule has 5 nitrogen and oxygen atoms in total. The van der Waals surface area contributed by atoms with Crippen molar-refractivity contribution in [1.82, 2.24) is 19.7 Å². The molecule has 0 saturated heterocycles. The van der Waals surface area contributed by atoms with E-state index in [0.29, 0.717) is 5.69 Å². The molecule has 18 heavy (non-hydrogen) atoms. The van der Waals surface area contributed by atoms with Gasteiger partial charge in [0.05, 0.1) is 5.69 Å². The SMILES string of the molecule is CNc1cc(-n2ccc(C)n2)nc(C(F)(F)F)n1. The number of nitrogens with one attached hydrogen (secondary N) is 1. The Balaban J connectivity index is 2.54. The Morgan fingerprint density at radius 3 is 2.50 bits per heavy atom. The summed E-state index contributed by atoms with van der Waals surface area (Å²) in [7, 11) is 1.49. The fourth-order valence-corrected chi connectivity index (χ4v) is 1.35. The number of hydrogen-bond acceptors (Lipinski definition) is 4. The topological polar surface area (TPSA) is 55.6 Å². The van der Waals surface area contributed by atoms with Crippen molar-refractivity contribution in [2.45, 2.75) is 13.1 Å². The van der Waals surface area contributed by atoms with E-state index >= 15 is 0 Å². The van der Waals surface area contributed by atoms with Crippen molar-refractivity contribution in [3.05, 3.63) is 29.8 Å². The maximum absolute atomic E-state index is 12.6. The lowest BCUT2D eigenvalue weighted by atomic mass is 10.4. The van der Waals surface area contributed by atoms with Crippen LogP contribution in [0.4, 0.5) is 19.0 Å². The molecule has 0 atom stereocenters. The molecule has 96 valence electrons. The monoisotopic (exact) mass is 257 g/mol. The van der Waals surface area contributed by atoms with Crippen molar-refractivity contribution >= 4 is 5.82 Å². The van der Waals surface area contributed by atoms with Crippen LogP contribution in [0.3, 0.4) is 0 Å². The summed E-state index contributed by atoms with van der Waals surface area (Å²) in [5, 5.41) is 6.57. The average molecular weight is 257 g/mol. The van der Waals surface area contributed by atoms with Gasteiger partial charge in [-0.2, -0.15) is 18.3 Å². The minimum atomic E-state index is -4.59. The molecule has 0 aromatic carbocycles. The molecular formula is C10H10F3N5. The van der Waals surface area contributed by atoms with Gasteiger partial charge in [0.2, 0.25) is 5.82 Å². The molecule has 0 aliphatic carbocycles. The van der Waals surface area contributed by atoms with Crippen molar-refractivity contribution in [3.8, 4) is 5.82 Å². The summed E-state index contributed by atoms with van der Waals surface area (Å²) >= 11 is 0. The lowest BCUT2D eigenvalue weighted by Crippen LogP contribution is -2.15. The fourth-order valence-electron chi connectivity index (χ4n) is 1.35. The van der Waals surface area contributed by atoms with Gasteiger partial charge in [0, 0.05) is 19.3 Å². The third-order valence-electron chi connectivity index (χ3n) is 2.18. The molecule has 2 rings (SSSR count). The highest BCUT2D eigenvalue weighted by Crippen LogP contribution is 2.27. The number of aromatic nitrogens is 4. The molecule has 0 radical (unpaired) electrons. The van der Waals surface area contributed by atoms with E-state index in [1.54, 1.807) is 13.0 Å². The minimum absolute atomic E-state index is 0.0646. The van der Waals surface area contributed by atoms with E-state index < -0.39 is 12.0 Å². The first-order valence-electron chi connectivity index (χ1n) is 5.07. The van der Waals surface area contributed by atoms with Crippen LogP contribution in [0.25, 0.3) is 5.82 Å². The second kappa shape index (κ2) is 4.28. The number of rotatable bonds is 2.